The Labute approximate surface area is 84.1 Å². The lowest BCUT2D eigenvalue weighted by molar-refractivity contribution is 0.301. The quantitative estimate of drug-likeness (QED) is 0.567. The molecule has 78 valence electrons. The summed E-state index contributed by atoms with van der Waals surface area (Å²) in [4.78, 5) is 0. The van der Waals surface area contributed by atoms with Gasteiger partial charge in [0.05, 0.1) is 0 Å². The van der Waals surface area contributed by atoms with Crippen LogP contribution in [0.2, 0.25) is 0 Å². The third kappa shape index (κ3) is 4.15. The van der Waals surface area contributed by atoms with Crippen molar-refractivity contribution in [3.63, 3.8) is 0 Å². The zero-order chi connectivity index (χ0) is 9.84. The molecular weight excluding hydrogens is 156 g/mol. The van der Waals surface area contributed by atoms with Gasteiger partial charge in [0.2, 0.25) is 0 Å². The Bertz CT molecular complexity index is 129. The van der Waals surface area contributed by atoms with Crippen molar-refractivity contribution < 1.29 is 0 Å². The van der Waals surface area contributed by atoms with Crippen LogP contribution in [0.15, 0.2) is 0 Å². The van der Waals surface area contributed by atoms with Gasteiger partial charge in [-0.2, -0.15) is 0 Å². The standard InChI is InChI=1S/C13H26/c1-10(2)6-5-7-13(11(3)4)12-8-9-12/h10-13H,5-9H2,1-4H3/t13-/m0/s1. The minimum atomic E-state index is 0.895. The van der Waals surface area contributed by atoms with Gasteiger partial charge in [0.25, 0.3) is 0 Å². The lowest BCUT2D eigenvalue weighted by Crippen LogP contribution is -2.11. The molecule has 0 aromatic heterocycles. The topological polar surface area (TPSA) is 0 Å². The van der Waals surface area contributed by atoms with Crippen molar-refractivity contribution >= 4 is 0 Å². The van der Waals surface area contributed by atoms with Crippen LogP contribution in [0, 0.1) is 23.7 Å². The van der Waals surface area contributed by atoms with Crippen molar-refractivity contribution in [1.82, 2.24) is 0 Å². The van der Waals surface area contributed by atoms with Gasteiger partial charge in [0.15, 0.2) is 0 Å². The highest BCUT2D eigenvalue weighted by Crippen LogP contribution is 2.43. The van der Waals surface area contributed by atoms with Crippen LogP contribution in [-0.4, -0.2) is 0 Å². The van der Waals surface area contributed by atoms with Crippen LogP contribution in [0.25, 0.3) is 0 Å². The summed E-state index contributed by atoms with van der Waals surface area (Å²) in [6, 6.07) is 0. The number of hydrogen-bond donors (Lipinski definition) is 0. The molecule has 1 aliphatic rings. The van der Waals surface area contributed by atoms with E-state index < -0.39 is 0 Å². The molecule has 1 atom stereocenters. The third-order valence-electron chi connectivity index (χ3n) is 3.40. The Morgan fingerprint density at radius 2 is 1.62 bits per heavy atom. The fraction of sp³-hybridized carbons (Fsp3) is 1.00. The normalized spacial score (nSPS) is 19.8. The molecule has 0 aliphatic heterocycles. The van der Waals surface area contributed by atoms with Gasteiger partial charge in [-0.25, -0.2) is 0 Å². The smallest absolute Gasteiger partial charge is 0.0363 e. The molecule has 0 heteroatoms. The van der Waals surface area contributed by atoms with Crippen molar-refractivity contribution in [2.45, 2.75) is 59.8 Å². The first-order valence-corrected chi connectivity index (χ1v) is 6.11. The molecule has 0 unspecified atom stereocenters. The van der Waals surface area contributed by atoms with E-state index in [2.05, 4.69) is 27.7 Å². The maximum absolute atomic E-state index is 2.40. The molecule has 0 aromatic rings. The van der Waals surface area contributed by atoms with E-state index in [9.17, 15) is 0 Å². The monoisotopic (exact) mass is 182 g/mol. The van der Waals surface area contributed by atoms with E-state index in [1.807, 2.05) is 0 Å². The molecule has 0 spiro atoms. The number of hydrogen-bond acceptors (Lipinski definition) is 0. The second-order valence-electron chi connectivity index (χ2n) is 5.57. The molecule has 1 aliphatic carbocycles. The lowest BCUT2D eigenvalue weighted by atomic mass is 9.85. The molecule has 0 radical (unpaired) electrons. The van der Waals surface area contributed by atoms with E-state index in [4.69, 9.17) is 0 Å². The van der Waals surface area contributed by atoms with Gasteiger partial charge in [-0.05, 0) is 42.9 Å². The molecule has 0 heterocycles. The predicted molar refractivity (Wildman–Crippen MR) is 59.7 cm³/mol. The van der Waals surface area contributed by atoms with E-state index >= 15 is 0 Å². The molecular formula is C13H26. The van der Waals surface area contributed by atoms with Crippen LogP contribution in [0.4, 0.5) is 0 Å². The summed E-state index contributed by atoms with van der Waals surface area (Å²) in [5, 5.41) is 0. The zero-order valence-electron chi connectivity index (χ0n) is 9.84. The SMILES string of the molecule is CC(C)CCC[C@@H](C(C)C)C1CC1. The Balaban J connectivity index is 2.15. The highest BCUT2D eigenvalue weighted by molar-refractivity contribution is 4.82. The van der Waals surface area contributed by atoms with Crippen LogP contribution in [0.5, 0.6) is 0 Å². The fourth-order valence-corrected chi connectivity index (χ4v) is 2.40. The molecule has 13 heavy (non-hydrogen) atoms. The molecule has 0 nitrogen and oxygen atoms in total. The Morgan fingerprint density at radius 3 is 2.00 bits per heavy atom. The average Bonchev–Trinajstić information content (AvgIpc) is 2.79. The predicted octanol–water partition coefficient (Wildman–Crippen LogP) is 4.49. The highest BCUT2D eigenvalue weighted by atomic mass is 14.4. The molecule has 0 amide bonds. The Hall–Kier alpha value is 0. The van der Waals surface area contributed by atoms with Gasteiger partial charge in [-0.1, -0.05) is 40.5 Å². The van der Waals surface area contributed by atoms with Crippen LogP contribution < -0.4 is 0 Å². The molecule has 0 aromatic carbocycles. The van der Waals surface area contributed by atoms with E-state index in [-0.39, 0.29) is 0 Å². The fourth-order valence-electron chi connectivity index (χ4n) is 2.40. The van der Waals surface area contributed by atoms with E-state index in [1.54, 1.807) is 0 Å². The van der Waals surface area contributed by atoms with Crippen molar-refractivity contribution in [2.75, 3.05) is 0 Å². The first-order chi connectivity index (χ1) is 6.11. The average molecular weight is 182 g/mol. The van der Waals surface area contributed by atoms with E-state index in [0.717, 1.165) is 23.7 Å². The summed E-state index contributed by atoms with van der Waals surface area (Å²) in [5.41, 5.74) is 0. The van der Waals surface area contributed by atoms with Gasteiger partial charge >= 0.3 is 0 Å². The maximum Gasteiger partial charge on any atom is -0.0363 e. The largest absolute Gasteiger partial charge is 0.0628 e. The summed E-state index contributed by atoms with van der Waals surface area (Å²) >= 11 is 0. The summed E-state index contributed by atoms with van der Waals surface area (Å²) < 4.78 is 0. The molecule has 0 saturated heterocycles. The summed E-state index contributed by atoms with van der Waals surface area (Å²) in [6.45, 7) is 9.47. The second-order valence-corrected chi connectivity index (χ2v) is 5.57. The first-order valence-electron chi connectivity index (χ1n) is 6.11. The summed E-state index contributed by atoms with van der Waals surface area (Å²) in [5.74, 6) is 3.96. The molecule has 1 saturated carbocycles. The van der Waals surface area contributed by atoms with Gasteiger partial charge < -0.3 is 0 Å². The highest BCUT2D eigenvalue weighted by Gasteiger charge is 2.32. The van der Waals surface area contributed by atoms with Crippen LogP contribution >= 0.6 is 0 Å². The van der Waals surface area contributed by atoms with Crippen molar-refractivity contribution in [3.8, 4) is 0 Å². The lowest BCUT2D eigenvalue weighted by Gasteiger charge is -2.20. The Morgan fingerprint density at radius 1 is 1.00 bits per heavy atom. The Kier molecular flexibility index (Phi) is 4.28. The second kappa shape index (κ2) is 5.02. The first kappa shape index (κ1) is 11.1. The van der Waals surface area contributed by atoms with Gasteiger partial charge in [-0.3, -0.25) is 0 Å². The summed E-state index contributed by atoms with van der Waals surface area (Å²) in [6.07, 6.45) is 7.41. The molecule has 0 N–H and O–H groups in total. The zero-order valence-corrected chi connectivity index (χ0v) is 9.84. The number of rotatable bonds is 6. The molecule has 0 bridgehead atoms. The van der Waals surface area contributed by atoms with Crippen LogP contribution in [0.1, 0.15) is 59.8 Å². The van der Waals surface area contributed by atoms with Crippen LogP contribution in [-0.2, 0) is 0 Å². The molecule has 1 fully saturated rings. The van der Waals surface area contributed by atoms with Crippen molar-refractivity contribution in [3.05, 3.63) is 0 Å². The summed E-state index contributed by atoms with van der Waals surface area (Å²) in [7, 11) is 0. The van der Waals surface area contributed by atoms with E-state index in [1.165, 1.54) is 32.1 Å². The van der Waals surface area contributed by atoms with Gasteiger partial charge in [0.1, 0.15) is 0 Å². The van der Waals surface area contributed by atoms with Crippen LogP contribution in [0.3, 0.4) is 0 Å². The minimum Gasteiger partial charge on any atom is -0.0628 e. The maximum atomic E-state index is 2.40. The van der Waals surface area contributed by atoms with Crippen molar-refractivity contribution in [1.29, 1.82) is 0 Å². The molecule has 1 rings (SSSR count). The van der Waals surface area contributed by atoms with Gasteiger partial charge in [0, 0.05) is 0 Å². The third-order valence-corrected chi connectivity index (χ3v) is 3.40. The van der Waals surface area contributed by atoms with Gasteiger partial charge in [-0.15, -0.1) is 0 Å². The van der Waals surface area contributed by atoms with Crippen molar-refractivity contribution in [2.24, 2.45) is 23.7 Å². The van der Waals surface area contributed by atoms with E-state index in [0.29, 0.717) is 0 Å². The minimum absolute atomic E-state index is 0.895.